The predicted octanol–water partition coefficient (Wildman–Crippen LogP) is 17.0. The smallest absolute Gasteiger partial charge is 0.164 e. The summed E-state index contributed by atoms with van der Waals surface area (Å²) < 4.78 is 0. The summed E-state index contributed by atoms with van der Waals surface area (Å²) >= 11 is 0. The zero-order valence-electron chi connectivity index (χ0n) is 41.2. The summed E-state index contributed by atoms with van der Waals surface area (Å²) in [4.78, 5) is 22.8. The SMILES string of the molecule is CC1=CCCC(N(c2ccc(-c3nc(-c4ccc(N(Cc5cccc(C)c5)c5cccc(C)c5)cc4)nc(-c4ccc(N(C5=CCCC(C)=C5)c5cccc(C)c5)cc4)n3)cc2)c2cccc(C)c2)=C1. The molecule has 7 aromatic carbocycles. The van der Waals surface area contributed by atoms with Gasteiger partial charge in [-0.1, -0.05) is 89.5 Å². The van der Waals surface area contributed by atoms with E-state index in [-0.39, 0.29) is 0 Å². The van der Waals surface area contributed by atoms with Gasteiger partial charge in [-0.25, -0.2) is 15.0 Å². The first-order valence-corrected chi connectivity index (χ1v) is 24.6. The first-order valence-electron chi connectivity index (χ1n) is 24.6. The van der Waals surface area contributed by atoms with Gasteiger partial charge in [0.05, 0.1) is 0 Å². The van der Waals surface area contributed by atoms with Crippen molar-refractivity contribution < 1.29 is 0 Å². The van der Waals surface area contributed by atoms with Crippen molar-refractivity contribution in [2.75, 3.05) is 14.7 Å². The zero-order chi connectivity index (χ0) is 48.1. The van der Waals surface area contributed by atoms with E-state index < -0.39 is 0 Å². The molecule has 0 bridgehead atoms. The van der Waals surface area contributed by atoms with Crippen LogP contribution in [-0.2, 0) is 6.54 Å². The Labute approximate surface area is 414 Å². The molecule has 2 aliphatic rings. The highest BCUT2D eigenvalue weighted by atomic mass is 15.2. The van der Waals surface area contributed by atoms with E-state index in [0.717, 1.165) is 83.0 Å². The van der Waals surface area contributed by atoms with Gasteiger partial charge in [-0.15, -0.1) is 0 Å². The fraction of sp³-hybridized carbons (Fsp3) is 0.172. The van der Waals surface area contributed by atoms with Gasteiger partial charge in [-0.2, -0.15) is 0 Å². The molecule has 1 heterocycles. The minimum absolute atomic E-state index is 0.617. The number of anilines is 6. The van der Waals surface area contributed by atoms with Gasteiger partial charge in [-0.3, -0.25) is 0 Å². The van der Waals surface area contributed by atoms with Gasteiger partial charge in [0.1, 0.15) is 0 Å². The highest BCUT2D eigenvalue weighted by molar-refractivity contribution is 5.76. The molecule has 0 atom stereocenters. The summed E-state index contributed by atoms with van der Waals surface area (Å²) in [7, 11) is 0. The van der Waals surface area contributed by atoms with Crippen molar-refractivity contribution in [3.63, 3.8) is 0 Å². The van der Waals surface area contributed by atoms with Crippen molar-refractivity contribution in [3.05, 3.63) is 245 Å². The highest BCUT2D eigenvalue weighted by Gasteiger charge is 2.21. The Morgan fingerprint density at radius 3 is 1.37 bits per heavy atom. The Morgan fingerprint density at radius 1 is 0.400 bits per heavy atom. The lowest BCUT2D eigenvalue weighted by atomic mass is 10.0. The number of aryl methyl sites for hydroxylation is 4. The molecule has 6 nitrogen and oxygen atoms in total. The molecule has 6 heteroatoms. The van der Waals surface area contributed by atoms with Crippen molar-refractivity contribution in [2.45, 2.75) is 73.8 Å². The van der Waals surface area contributed by atoms with Crippen LogP contribution in [0.4, 0.5) is 34.1 Å². The van der Waals surface area contributed by atoms with Crippen molar-refractivity contribution in [1.82, 2.24) is 15.0 Å². The number of hydrogen-bond donors (Lipinski definition) is 0. The lowest BCUT2D eigenvalue weighted by molar-refractivity contribution is 0.904. The van der Waals surface area contributed by atoms with E-state index in [9.17, 15) is 0 Å². The number of hydrogen-bond acceptors (Lipinski definition) is 6. The van der Waals surface area contributed by atoms with Crippen molar-refractivity contribution in [3.8, 4) is 34.2 Å². The molecule has 2 aliphatic carbocycles. The third kappa shape index (κ3) is 10.3. The third-order valence-corrected chi connectivity index (χ3v) is 13.2. The van der Waals surface area contributed by atoms with Gasteiger partial charge in [0.25, 0.3) is 0 Å². The number of rotatable bonds is 13. The summed E-state index contributed by atoms with van der Waals surface area (Å²) in [6, 6.07) is 61.0. The summed E-state index contributed by atoms with van der Waals surface area (Å²) in [5, 5.41) is 0. The second-order valence-corrected chi connectivity index (χ2v) is 19.0. The largest absolute Gasteiger partial charge is 0.337 e. The topological polar surface area (TPSA) is 48.4 Å². The fourth-order valence-corrected chi connectivity index (χ4v) is 9.66. The summed E-state index contributed by atoms with van der Waals surface area (Å²) in [5.41, 5.74) is 20.7. The van der Waals surface area contributed by atoms with E-state index in [1.165, 1.54) is 50.4 Å². The van der Waals surface area contributed by atoms with Crippen LogP contribution in [0, 0.1) is 27.7 Å². The van der Waals surface area contributed by atoms with E-state index in [0.29, 0.717) is 17.5 Å². The van der Waals surface area contributed by atoms with Crippen LogP contribution in [0.2, 0.25) is 0 Å². The van der Waals surface area contributed by atoms with Gasteiger partial charge in [0.15, 0.2) is 17.5 Å². The molecule has 10 rings (SSSR count). The first kappa shape index (κ1) is 45.7. The van der Waals surface area contributed by atoms with Crippen LogP contribution in [0.25, 0.3) is 34.2 Å². The predicted molar refractivity (Wildman–Crippen MR) is 293 cm³/mol. The fourth-order valence-electron chi connectivity index (χ4n) is 9.66. The van der Waals surface area contributed by atoms with Crippen LogP contribution < -0.4 is 14.7 Å². The minimum Gasteiger partial charge on any atom is -0.337 e. The molecule has 0 saturated carbocycles. The Kier molecular flexibility index (Phi) is 13.2. The Bertz CT molecular complexity index is 3300. The summed E-state index contributed by atoms with van der Waals surface area (Å²) in [5.74, 6) is 1.85. The molecule has 70 heavy (non-hydrogen) atoms. The molecule has 1 aromatic heterocycles. The number of benzene rings is 7. The van der Waals surface area contributed by atoms with E-state index in [2.05, 4.69) is 250 Å². The van der Waals surface area contributed by atoms with E-state index in [4.69, 9.17) is 15.0 Å². The van der Waals surface area contributed by atoms with Crippen LogP contribution in [0.1, 0.15) is 67.3 Å². The van der Waals surface area contributed by atoms with Crippen LogP contribution in [0.3, 0.4) is 0 Å². The van der Waals surface area contributed by atoms with E-state index in [1.54, 1.807) is 0 Å². The molecule has 0 aliphatic heterocycles. The monoisotopic (exact) mass is 912 g/mol. The van der Waals surface area contributed by atoms with Gasteiger partial charge < -0.3 is 14.7 Å². The Morgan fingerprint density at radius 2 is 0.857 bits per heavy atom. The molecule has 0 saturated heterocycles. The lowest BCUT2D eigenvalue weighted by Gasteiger charge is -2.30. The van der Waals surface area contributed by atoms with Crippen LogP contribution in [-0.4, -0.2) is 15.0 Å². The van der Waals surface area contributed by atoms with Gasteiger partial charge in [0.2, 0.25) is 0 Å². The number of aromatic nitrogens is 3. The quantitative estimate of drug-likeness (QED) is 0.115. The first-order chi connectivity index (χ1) is 34.1. The molecule has 0 radical (unpaired) electrons. The Hall–Kier alpha value is -8.09. The average Bonchev–Trinajstić information content (AvgIpc) is 3.36. The number of allylic oxidation sites excluding steroid dienone is 7. The molecule has 8 aromatic rings. The minimum atomic E-state index is 0.617. The van der Waals surface area contributed by atoms with Gasteiger partial charge in [0, 0.05) is 68.8 Å². The number of nitrogens with zero attached hydrogens (tertiary/aromatic N) is 6. The maximum absolute atomic E-state index is 5.24. The Balaban J connectivity index is 1.05. The van der Waals surface area contributed by atoms with E-state index in [1.807, 2.05) is 0 Å². The third-order valence-electron chi connectivity index (χ3n) is 13.2. The molecule has 0 fully saturated rings. The molecule has 0 amide bonds. The van der Waals surface area contributed by atoms with E-state index >= 15 is 0 Å². The summed E-state index contributed by atoms with van der Waals surface area (Å²) in [6.45, 7) is 13.7. The van der Waals surface area contributed by atoms with Crippen LogP contribution in [0.5, 0.6) is 0 Å². The molecule has 0 N–H and O–H groups in total. The van der Waals surface area contributed by atoms with Crippen molar-refractivity contribution in [1.29, 1.82) is 0 Å². The molecule has 0 unspecified atom stereocenters. The molecular formula is C64H60N6. The molecule has 0 spiro atoms. The summed E-state index contributed by atoms with van der Waals surface area (Å²) in [6.07, 6.45) is 13.4. The lowest BCUT2D eigenvalue weighted by Crippen LogP contribution is -2.18. The second kappa shape index (κ2) is 20.2. The standard InChI is InChI=1S/C64H60N6/c1-44-13-7-19-50(37-44)43-68(57-20-8-14-45(2)38-57)54-31-25-51(26-32-54)62-65-63(52-27-33-55(34-28-52)69(58-21-9-15-46(3)39-58)59-22-10-16-47(4)40-59)67-64(66-62)53-29-35-56(36-30-53)70(60-23-11-17-48(5)41-60)61-24-12-18-49(6)42-61/h7-9,11,13-17,19-21,23-42H,10,12,18,22,43H2,1-6H3. The highest BCUT2D eigenvalue weighted by Crippen LogP contribution is 2.38. The van der Waals surface area contributed by atoms with Gasteiger partial charge in [-0.05, 0) is 211 Å². The maximum Gasteiger partial charge on any atom is 0.164 e. The van der Waals surface area contributed by atoms with Crippen LogP contribution >= 0.6 is 0 Å². The van der Waals surface area contributed by atoms with Crippen molar-refractivity contribution >= 4 is 34.1 Å². The van der Waals surface area contributed by atoms with Crippen molar-refractivity contribution in [2.24, 2.45) is 0 Å². The molecular weight excluding hydrogens is 853 g/mol. The average molecular weight is 913 g/mol. The molecule has 346 valence electrons. The van der Waals surface area contributed by atoms with Crippen LogP contribution in [0.15, 0.2) is 217 Å². The zero-order valence-corrected chi connectivity index (χ0v) is 41.2. The maximum atomic E-state index is 5.24. The second-order valence-electron chi connectivity index (χ2n) is 19.0. The van der Waals surface area contributed by atoms with Gasteiger partial charge >= 0.3 is 0 Å². The normalized spacial score (nSPS) is 13.5.